The van der Waals surface area contributed by atoms with Gasteiger partial charge < -0.3 is 15.2 Å². The van der Waals surface area contributed by atoms with Gasteiger partial charge in [0.25, 0.3) is 0 Å². The van der Waals surface area contributed by atoms with Crippen LogP contribution >= 0.6 is 11.3 Å². The molecule has 0 saturated heterocycles. The molecule has 0 fully saturated rings. The molecule has 1 unspecified atom stereocenters. The molecule has 2 N–H and O–H groups in total. The number of hydrogen-bond donors (Lipinski definition) is 2. The molecule has 3 rings (SSSR count). The number of esters is 1. The molecule has 1 aliphatic rings. The van der Waals surface area contributed by atoms with E-state index in [0.717, 1.165) is 29.7 Å². The molecular weight excluding hydrogens is 402 g/mol. The van der Waals surface area contributed by atoms with E-state index in [1.807, 2.05) is 18.2 Å². The fourth-order valence-corrected chi connectivity index (χ4v) is 5.09. The minimum Gasteiger partial charge on any atom is -0.481 e. The highest BCUT2D eigenvalue weighted by atomic mass is 32.1. The molecule has 160 valence electrons. The zero-order valence-corrected chi connectivity index (χ0v) is 18.1. The highest BCUT2D eigenvalue weighted by molar-refractivity contribution is 7.17. The molecule has 0 saturated carbocycles. The summed E-state index contributed by atoms with van der Waals surface area (Å²) in [5, 5.41) is 12.1. The summed E-state index contributed by atoms with van der Waals surface area (Å²) in [4.78, 5) is 36.9. The maximum absolute atomic E-state index is 12.8. The minimum atomic E-state index is -0.928. The molecule has 30 heavy (non-hydrogen) atoms. The third-order valence-corrected chi connectivity index (χ3v) is 6.30. The number of carbonyl (C=O) groups is 3. The normalized spacial score (nSPS) is 15.5. The standard InChI is InChI=1S/C23H27NO5S/c1-14(2)29-23(28)21-17-12-11-16(15-7-4-3-5-8-15)13-18(17)30-22(21)24-19(25)9-6-10-20(26)27/h3-5,7-8,14,16H,6,9-13H2,1-2H3,(H,24,25)(H,26,27). The van der Waals surface area contributed by atoms with Crippen molar-refractivity contribution in [3.8, 4) is 0 Å². The second-order valence-electron chi connectivity index (χ2n) is 7.81. The van der Waals surface area contributed by atoms with Gasteiger partial charge in [-0.25, -0.2) is 4.79 Å². The van der Waals surface area contributed by atoms with Gasteiger partial charge in [-0.05, 0) is 56.6 Å². The number of anilines is 1. The first-order chi connectivity index (χ1) is 14.3. The fourth-order valence-electron chi connectivity index (χ4n) is 3.76. The Bertz CT molecular complexity index is 919. The Labute approximate surface area is 180 Å². The fraction of sp³-hybridized carbons (Fsp3) is 0.435. The Morgan fingerprint density at radius 1 is 1.20 bits per heavy atom. The van der Waals surface area contributed by atoms with E-state index in [-0.39, 0.29) is 31.3 Å². The van der Waals surface area contributed by atoms with E-state index in [1.54, 1.807) is 13.8 Å². The predicted octanol–water partition coefficient (Wildman–Crippen LogP) is 4.78. The topological polar surface area (TPSA) is 92.7 Å². The second-order valence-corrected chi connectivity index (χ2v) is 8.91. The lowest BCUT2D eigenvalue weighted by Gasteiger charge is -2.23. The van der Waals surface area contributed by atoms with E-state index in [0.29, 0.717) is 16.5 Å². The summed E-state index contributed by atoms with van der Waals surface area (Å²) in [5.74, 6) is -1.25. The van der Waals surface area contributed by atoms with Crippen LogP contribution in [0.15, 0.2) is 30.3 Å². The number of carboxylic acids is 1. The lowest BCUT2D eigenvalue weighted by Crippen LogP contribution is -2.18. The van der Waals surface area contributed by atoms with Crippen LogP contribution in [-0.2, 0) is 27.2 Å². The largest absolute Gasteiger partial charge is 0.481 e. The van der Waals surface area contributed by atoms with Gasteiger partial charge in [0.1, 0.15) is 5.00 Å². The third-order valence-electron chi connectivity index (χ3n) is 5.13. The van der Waals surface area contributed by atoms with Crippen molar-refractivity contribution in [3.63, 3.8) is 0 Å². The van der Waals surface area contributed by atoms with Crippen molar-refractivity contribution in [2.45, 2.75) is 64.4 Å². The van der Waals surface area contributed by atoms with Gasteiger partial charge in [-0.3, -0.25) is 9.59 Å². The van der Waals surface area contributed by atoms with Crippen LogP contribution in [0.3, 0.4) is 0 Å². The zero-order chi connectivity index (χ0) is 21.7. The number of fused-ring (bicyclic) bond motifs is 1. The maximum atomic E-state index is 12.8. The average molecular weight is 430 g/mol. The summed E-state index contributed by atoms with van der Waals surface area (Å²) < 4.78 is 5.45. The lowest BCUT2D eigenvalue weighted by atomic mass is 9.83. The van der Waals surface area contributed by atoms with Crippen LogP contribution in [0.4, 0.5) is 5.00 Å². The Morgan fingerprint density at radius 2 is 1.93 bits per heavy atom. The number of amides is 1. The molecule has 1 aromatic heterocycles. The quantitative estimate of drug-likeness (QED) is 0.589. The molecule has 7 heteroatoms. The molecule has 1 amide bonds. The van der Waals surface area contributed by atoms with Crippen molar-refractivity contribution in [2.24, 2.45) is 0 Å². The number of thiophene rings is 1. The first-order valence-electron chi connectivity index (χ1n) is 10.3. The van der Waals surface area contributed by atoms with E-state index in [4.69, 9.17) is 9.84 Å². The smallest absolute Gasteiger partial charge is 0.341 e. The molecule has 0 radical (unpaired) electrons. The molecule has 1 heterocycles. The van der Waals surface area contributed by atoms with E-state index in [2.05, 4.69) is 17.4 Å². The maximum Gasteiger partial charge on any atom is 0.341 e. The lowest BCUT2D eigenvalue weighted by molar-refractivity contribution is -0.137. The number of nitrogens with one attached hydrogen (secondary N) is 1. The van der Waals surface area contributed by atoms with Gasteiger partial charge in [0.15, 0.2) is 0 Å². The molecule has 0 bridgehead atoms. The molecule has 6 nitrogen and oxygen atoms in total. The summed E-state index contributed by atoms with van der Waals surface area (Å²) in [6.07, 6.45) is 2.54. The van der Waals surface area contributed by atoms with Crippen molar-refractivity contribution >= 4 is 34.2 Å². The first kappa shape index (κ1) is 22.0. The number of aliphatic carboxylic acids is 1. The number of benzene rings is 1. The van der Waals surface area contributed by atoms with E-state index < -0.39 is 11.9 Å². The van der Waals surface area contributed by atoms with Crippen molar-refractivity contribution in [1.82, 2.24) is 0 Å². The number of carbonyl (C=O) groups excluding carboxylic acids is 2. The average Bonchev–Trinajstić information content (AvgIpc) is 3.04. The van der Waals surface area contributed by atoms with Crippen molar-refractivity contribution in [3.05, 3.63) is 51.9 Å². The van der Waals surface area contributed by atoms with Crippen molar-refractivity contribution in [2.75, 3.05) is 5.32 Å². The Balaban J connectivity index is 1.83. The van der Waals surface area contributed by atoms with Crippen LogP contribution in [0.25, 0.3) is 0 Å². The van der Waals surface area contributed by atoms with E-state index in [9.17, 15) is 14.4 Å². The molecule has 0 aliphatic heterocycles. The van der Waals surface area contributed by atoms with Gasteiger partial charge in [-0.2, -0.15) is 0 Å². The first-order valence-corrected chi connectivity index (χ1v) is 11.1. The monoisotopic (exact) mass is 429 g/mol. The summed E-state index contributed by atoms with van der Waals surface area (Å²) in [6, 6.07) is 10.3. The summed E-state index contributed by atoms with van der Waals surface area (Å²) in [6.45, 7) is 3.60. The second kappa shape index (κ2) is 9.89. The van der Waals surface area contributed by atoms with Gasteiger partial charge in [0, 0.05) is 17.7 Å². The third kappa shape index (κ3) is 5.48. The zero-order valence-electron chi connectivity index (χ0n) is 17.3. The van der Waals surface area contributed by atoms with Gasteiger partial charge in [-0.1, -0.05) is 30.3 Å². The summed E-state index contributed by atoms with van der Waals surface area (Å²) in [5.41, 5.74) is 2.71. The molecule has 1 aromatic carbocycles. The Morgan fingerprint density at radius 3 is 2.60 bits per heavy atom. The molecule has 1 atom stereocenters. The predicted molar refractivity (Wildman–Crippen MR) is 116 cm³/mol. The van der Waals surface area contributed by atoms with Gasteiger partial charge in [0.05, 0.1) is 11.7 Å². The number of hydrogen-bond acceptors (Lipinski definition) is 5. The molecular formula is C23H27NO5S. The van der Waals surface area contributed by atoms with Gasteiger partial charge in [0.2, 0.25) is 5.91 Å². The Kier molecular flexibility index (Phi) is 7.26. The van der Waals surface area contributed by atoms with Gasteiger partial charge in [-0.15, -0.1) is 11.3 Å². The number of ether oxygens (including phenoxy) is 1. The van der Waals surface area contributed by atoms with Crippen LogP contribution in [-0.4, -0.2) is 29.1 Å². The minimum absolute atomic E-state index is 0.0602. The highest BCUT2D eigenvalue weighted by Crippen LogP contribution is 2.43. The Hall–Kier alpha value is -2.67. The van der Waals surface area contributed by atoms with Crippen LogP contribution < -0.4 is 5.32 Å². The van der Waals surface area contributed by atoms with E-state index >= 15 is 0 Å². The van der Waals surface area contributed by atoms with Crippen LogP contribution in [0.2, 0.25) is 0 Å². The van der Waals surface area contributed by atoms with Crippen LogP contribution in [0, 0.1) is 0 Å². The molecule has 2 aromatic rings. The summed E-state index contributed by atoms with van der Waals surface area (Å²) >= 11 is 1.43. The highest BCUT2D eigenvalue weighted by Gasteiger charge is 2.31. The van der Waals surface area contributed by atoms with Crippen LogP contribution in [0.5, 0.6) is 0 Å². The summed E-state index contributed by atoms with van der Waals surface area (Å²) in [7, 11) is 0. The molecule has 1 aliphatic carbocycles. The SMILES string of the molecule is CC(C)OC(=O)c1c(NC(=O)CCCC(=O)O)sc2c1CCC(c1ccccc1)C2. The number of carboxylic acid groups (broad SMARTS) is 1. The number of rotatable bonds is 8. The molecule has 0 spiro atoms. The van der Waals surface area contributed by atoms with Crippen molar-refractivity contribution in [1.29, 1.82) is 0 Å². The van der Waals surface area contributed by atoms with Crippen molar-refractivity contribution < 1.29 is 24.2 Å². The van der Waals surface area contributed by atoms with E-state index in [1.165, 1.54) is 16.9 Å². The van der Waals surface area contributed by atoms with Crippen LogP contribution in [0.1, 0.15) is 71.8 Å². The van der Waals surface area contributed by atoms with Gasteiger partial charge >= 0.3 is 11.9 Å².